The van der Waals surface area contributed by atoms with Gasteiger partial charge in [0.25, 0.3) is 0 Å². The summed E-state index contributed by atoms with van der Waals surface area (Å²) in [6.45, 7) is 8.67. The molecule has 1 aliphatic heterocycles. The van der Waals surface area contributed by atoms with Gasteiger partial charge < -0.3 is 24.4 Å². The van der Waals surface area contributed by atoms with E-state index in [4.69, 9.17) is 14.2 Å². The number of hydrogen-bond acceptors (Lipinski definition) is 6. The SMILES string of the molecule is CCOc1c(OC)cc(CNC(CN2CCN(C)CC2)c2ccccc2)cc1OC. The molecule has 0 bridgehead atoms. The Morgan fingerprint density at radius 1 is 0.967 bits per heavy atom. The van der Waals surface area contributed by atoms with Crippen molar-refractivity contribution in [2.24, 2.45) is 0 Å². The number of hydrogen-bond donors (Lipinski definition) is 1. The summed E-state index contributed by atoms with van der Waals surface area (Å²) in [4.78, 5) is 4.93. The summed E-state index contributed by atoms with van der Waals surface area (Å²) in [6.07, 6.45) is 0. The Hall–Kier alpha value is -2.28. The molecule has 6 heteroatoms. The highest BCUT2D eigenvalue weighted by Gasteiger charge is 2.20. The van der Waals surface area contributed by atoms with Gasteiger partial charge in [0.1, 0.15) is 0 Å². The maximum absolute atomic E-state index is 5.73. The van der Waals surface area contributed by atoms with Crippen molar-refractivity contribution < 1.29 is 14.2 Å². The lowest BCUT2D eigenvalue weighted by atomic mass is 10.0. The van der Waals surface area contributed by atoms with E-state index in [0.29, 0.717) is 30.4 Å². The molecule has 6 nitrogen and oxygen atoms in total. The van der Waals surface area contributed by atoms with Gasteiger partial charge in [-0.15, -0.1) is 0 Å². The molecule has 1 unspecified atom stereocenters. The molecular formula is C24H35N3O3. The number of methoxy groups -OCH3 is 2. The van der Waals surface area contributed by atoms with Gasteiger partial charge in [-0.1, -0.05) is 30.3 Å². The van der Waals surface area contributed by atoms with Crippen molar-refractivity contribution in [3.8, 4) is 17.2 Å². The quantitative estimate of drug-likeness (QED) is 0.646. The zero-order valence-corrected chi connectivity index (χ0v) is 18.7. The fourth-order valence-corrected chi connectivity index (χ4v) is 3.83. The molecule has 1 heterocycles. The third kappa shape index (κ3) is 5.88. The molecule has 0 saturated carbocycles. The first kappa shape index (κ1) is 22.4. The number of likely N-dealkylation sites (N-methyl/N-ethyl adjacent to an activating group) is 1. The average molecular weight is 414 g/mol. The van der Waals surface area contributed by atoms with E-state index in [1.165, 1.54) is 5.56 Å². The Kier molecular flexibility index (Phi) is 8.37. The first-order valence-corrected chi connectivity index (χ1v) is 10.7. The Morgan fingerprint density at radius 2 is 1.60 bits per heavy atom. The third-order valence-electron chi connectivity index (χ3n) is 5.60. The Balaban J connectivity index is 1.75. The number of rotatable bonds is 10. The van der Waals surface area contributed by atoms with Gasteiger partial charge in [0, 0.05) is 45.3 Å². The molecule has 3 rings (SSSR count). The first-order valence-electron chi connectivity index (χ1n) is 10.7. The zero-order valence-electron chi connectivity index (χ0n) is 18.7. The van der Waals surface area contributed by atoms with Crippen LogP contribution in [0.25, 0.3) is 0 Å². The van der Waals surface area contributed by atoms with Crippen molar-refractivity contribution in [3.05, 3.63) is 53.6 Å². The Labute approximate surface area is 180 Å². The number of nitrogens with one attached hydrogen (secondary N) is 1. The van der Waals surface area contributed by atoms with E-state index in [-0.39, 0.29) is 6.04 Å². The number of ether oxygens (including phenoxy) is 3. The monoisotopic (exact) mass is 413 g/mol. The van der Waals surface area contributed by atoms with Crippen LogP contribution in [-0.2, 0) is 6.54 Å². The molecule has 0 radical (unpaired) electrons. The van der Waals surface area contributed by atoms with Crippen LogP contribution in [0.5, 0.6) is 17.2 Å². The van der Waals surface area contributed by atoms with Gasteiger partial charge in [-0.05, 0) is 37.2 Å². The van der Waals surface area contributed by atoms with Gasteiger partial charge >= 0.3 is 0 Å². The second-order valence-corrected chi connectivity index (χ2v) is 7.71. The Bertz CT molecular complexity index is 752. The third-order valence-corrected chi connectivity index (χ3v) is 5.60. The van der Waals surface area contributed by atoms with E-state index in [0.717, 1.165) is 38.3 Å². The summed E-state index contributed by atoms with van der Waals surface area (Å²) >= 11 is 0. The van der Waals surface area contributed by atoms with E-state index in [1.807, 2.05) is 19.1 Å². The molecule has 1 atom stereocenters. The summed E-state index contributed by atoms with van der Waals surface area (Å²) in [5.74, 6) is 2.05. The maximum Gasteiger partial charge on any atom is 0.203 e. The highest BCUT2D eigenvalue weighted by atomic mass is 16.5. The summed E-state index contributed by atoms with van der Waals surface area (Å²) in [5, 5.41) is 3.76. The van der Waals surface area contributed by atoms with Gasteiger partial charge in [0.05, 0.1) is 20.8 Å². The number of piperazine rings is 1. The van der Waals surface area contributed by atoms with Crippen LogP contribution in [0, 0.1) is 0 Å². The Morgan fingerprint density at radius 3 is 2.17 bits per heavy atom. The van der Waals surface area contributed by atoms with Crippen LogP contribution in [0.1, 0.15) is 24.1 Å². The standard InChI is InChI=1S/C24H35N3O3/c1-5-30-24-22(28-3)15-19(16-23(24)29-4)17-25-21(20-9-7-6-8-10-20)18-27-13-11-26(2)12-14-27/h6-10,15-16,21,25H,5,11-14,17-18H2,1-4H3. The van der Waals surface area contributed by atoms with Crippen LogP contribution < -0.4 is 19.5 Å². The molecule has 1 fully saturated rings. The van der Waals surface area contributed by atoms with E-state index >= 15 is 0 Å². The van der Waals surface area contributed by atoms with Crippen molar-refractivity contribution in [1.82, 2.24) is 15.1 Å². The maximum atomic E-state index is 5.73. The van der Waals surface area contributed by atoms with Crippen molar-refractivity contribution in [2.45, 2.75) is 19.5 Å². The van der Waals surface area contributed by atoms with E-state index in [2.05, 4.69) is 52.5 Å². The largest absolute Gasteiger partial charge is 0.493 e. The molecule has 1 aliphatic rings. The highest BCUT2D eigenvalue weighted by molar-refractivity contribution is 5.53. The molecule has 0 amide bonds. The highest BCUT2D eigenvalue weighted by Crippen LogP contribution is 2.38. The molecule has 0 aliphatic carbocycles. The number of benzene rings is 2. The van der Waals surface area contributed by atoms with Gasteiger partial charge in [-0.25, -0.2) is 0 Å². The minimum Gasteiger partial charge on any atom is -0.493 e. The lowest BCUT2D eigenvalue weighted by molar-refractivity contribution is 0.142. The van der Waals surface area contributed by atoms with Crippen LogP contribution in [-0.4, -0.2) is 70.4 Å². The van der Waals surface area contributed by atoms with Gasteiger partial charge in [-0.2, -0.15) is 0 Å². The van der Waals surface area contributed by atoms with Gasteiger partial charge in [0.15, 0.2) is 11.5 Å². The predicted octanol–water partition coefficient (Wildman–Crippen LogP) is 3.18. The predicted molar refractivity (Wildman–Crippen MR) is 121 cm³/mol. The van der Waals surface area contributed by atoms with E-state index < -0.39 is 0 Å². The minimum atomic E-state index is 0.248. The fraction of sp³-hybridized carbons (Fsp3) is 0.500. The zero-order chi connectivity index (χ0) is 21.3. The number of nitrogens with zero attached hydrogens (tertiary/aromatic N) is 2. The van der Waals surface area contributed by atoms with Crippen LogP contribution in [0.3, 0.4) is 0 Å². The lowest BCUT2D eigenvalue weighted by Crippen LogP contribution is -2.47. The van der Waals surface area contributed by atoms with Crippen molar-refractivity contribution in [3.63, 3.8) is 0 Å². The van der Waals surface area contributed by atoms with E-state index in [9.17, 15) is 0 Å². The van der Waals surface area contributed by atoms with Crippen LogP contribution in [0.4, 0.5) is 0 Å². The van der Waals surface area contributed by atoms with Gasteiger partial charge in [-0.3, -0.25) is 4.90 Å². The normalized spacial score (nSPS) is 16.3. The van der Waals surface area contributed by atoms with Crippen molar-refractivity contribution in [1.29, 1.82) is 0 Å². The molecule has 1 N–H and O–H groups in total. The minimum absolute atomic E-state index is 0.248. The summed E-state index contributed by atoms with van der Waals surface area (Å²) in [6, 6.07) is 15.0. The second kappa shape index (κ2) is 11.2. The fourth-order valence-electron chi connectivity index (χ4n) is 3.83. The smallest absolute Gasteiger partial charge is 0.203 e. The second-order valence-electron chi connectivity index (χ2n) is 7.71. The molecule has 164 valence electrons. The lowest BCUT2D eigenvalue weighted by Gasteiger charge is -2.35. The molecule has 1 saturated heterocycles. The summed E-state index contributed by atoms with van der Waals surface area (Å²) < 4.78 is 16.8. The van der Waals surface area contributed by atoms with E-state index in [1.54, 1.807) is 14.2 Å². The van der Waals surface area contributed by atoms with Crippen molar-refractivity contribution in [2.75, 3.05) is 60.6 Å². The molecule has 0 aromatic heterocycles. The summed E-state index contributed by atoms with van der Waals surface area (Å²) in [7, 11) is 5.51. The topological polar surface area (TPSA) is 46.2 Å². The van der Waals surface area contributed by atoms with Crippen LogP contribution >= 0.6 is 0 Å². The molecule has 2 aromatic rings. The summed E-state index contributed by atoms with van der Waals surface area (Å²) in [5.41, 5.74) is 2.41. The van der Waals surface area contributed by atoms with Crippen molar-refractivity contribution >= 4 is 0 Å². The van der Waals surface area contributed by atoms with Crippen LogP contribution in [0.15, 0.2) is 42.5 Å². The molecule has 30 heavy (non-hydrogen) atoms. The molecule has 0 spiro atoms. The average Bonchev–Trinajstić information content (AvgIpc) is 2.79. The molecular weight excluding hydrogens is 378 g/mol. The first-order chi connectivity index (χ1) is 14.6. The molecule has 2 aromatic carbocycles. The van der Waals surface area contributed by atoms with Crippen LogP contribution in [0.2, 0.25) is 0 Å². The van der Waals surface area contributed by atoms with Gasteiger partial charge in [0.2, 0.25) is 5.75 Å².